The van der Waals surface area contributed by atoms with Crippen LogP contribution in [-0.2, 0) is 6.42 Å². The molecule has 4 N–H and O–H groups in total. The summed E-state index contributed by atoms with van der Waals surface area (Å²) < 4.78 is 21.3. The molecule has 3 aliphatic rings. The van der Waals surface area contributed by atoms with Gasteiger partial charge in [0.25, 0.3) is 0 Å². The van der Waals surface area contributed by atoms with E-state index in [9.17, 15) is 0 Å². The minimum atomic E-state index is -0.205. The van der Waals surface area contributed by atoms with Gasteiger partial charge in [-0.2, -0.15) is 9.97 Å². The third-order valence-corrected chi connectivity index (χ3v) is 7.46. The summed E-state index contributed by atoms with van der Waals surface area (Å²) in [6, 6.07) is 2.38. The fraction of sp³-hybridized carbons (Fsp3) is 0.391. The van der Waals surface area contributed by atoms with Crippen LogP contribution in [0.1, 0.15) is 24.2 Å². The number of aromatic amines is 1. The molecule has 1 saturated carbocycles. The lowest BCUT2D eigenvalue weighted by Crippen LogP contribution is -2.62. The number of nitrogens with two attached hydrogens (primary N) is 1. The fourth-order valence-electron chi connectivity index (χ4n) is 6.08. The third-order valence-electron chi connectivity index (χ3n) is 7.46. The predicted octanol–water partition coefficient (Wildman–Crippen LogP) is 3.03. The van der Waals surface area contributed by atoms with Gasteiger partial charge in [-0.15, -0.1) is 0 Å². The summed E-state index contributed by atoms with van der Waals surface area (Å²) in [5.74, 6) is 2.12. The van der Waals surface area contributed by atoms with Crippen molar-refractivity contribution in [2.24, 2.45) is 11.7 Å². The molecule has 4 aromatic rings. The number of fused-ring (bicyclic) bond motifs is 5. The van der Waals surface area contributed by atoms with Gasteiger partial charge in [0, 0.05) is 42.0 Å². The summed E-state index contributed by atoms with van der Waals surface area (Å²) in [5, 5.41) is 4.80. The van der Waals surface area contributed by atoms with Crippen LogP contribution < -0.4 is 20.7 Å². The Morgan fingerprint density at radius 3 is 2.79 bits per heavy atom. The molecule has 0 radical (unpaired) electrons. The lowest BCUT2D eigenvalue weighted by Gasteiger charge is -2.53. The molecule has 7 rings (SSSR count). The largest absolute Gasteiger partial charge is 0.421 e. The Labute approximate surface area is 188 Å². The number of aromatic nitrogens is 5. The maximum Gasteiger partial charge on any atom is 0.326 e. The second-order valence-electron chi connectivity index (χ2n) is 9.27. The van der Waals surface area contributed by atoms with Crippen molar-refractivity contribution in [3.05, 3.63) is 35.7 Å². The number of hydrogen-bond acceptors (Lipinski definition) is 8. The zero-order valence-electron chi connectivity index (χ0n) is 18.3. The number of nitrogens with one attached hydrogen (secondary N) is 2. The van der Waals surface area contributed by atoms with Gasteiger partial charge in [0.05, 0.1) is 29.0 Å². The maximum absolute atomic E-state index is 15.4. The Balaban J connectivity index is 1.48. The first kappa shape index (κ1) is 19.0. The summed E-state index contributed by atoms with van der Waals surface area (Å²) in [6.07, 6.45) is 5.68. The number of hydrogen-bond donors (Lipinski definition) is 3. The second kappa shape index (κ2) is 6.50. The van der Waals surface area contributed by atoms with E-state index < -0.39 is 0 Å². The zero-order chi connectivity index (χ0) is 22.4. The van der Waals surface area contributed by atoms with Crippen LogP contribution >= 0.6 is 0 Å². The Morgan fingerprint density at radius 2 is 2.00 bits per heavy atom. The first-order valence-electron chi connectivity index (χ1n) is 11.2. The first-order valence-corrected chi connectivity index (χ1v) is 11.2. The average Bonchev–Trinajstić information content (AvgIpc) is 3.29. The number of benzene rings is 1. The highest BCUT2D eigenvalue weighted by Crippen LogP contribution is 2.53. The molecule has 10 heteroatoms. The molecule has 3 aromatic heterocycles. The van der Waals surface area contributed by atoms with Crippen molar-refractivity contribution in [3.8, 4) is 11.8 Å². The topological polar surface area (TPSA) is 118 Å². The van der Waals surface area contributed by atoms with E-state index in [2.05, 4.69) is 30.2 Å². The summed E-state index contributed by atoms with van der Waals surface area (Å²) in [5.41, 5.74) is 9.18. The Morgan fingerprint density at radius 1 is 1.18 bits per heavy atom. The van der Waals surface area contributed by atoms with Crippen LogP contribution in [0.5, 0.6) is 11.8 Å². The van der Waals surface area contributed by atoms with Crippen molar-refractivity contribution in [1.82, 2.24) is 24.9 Å². The lowest BCUT2D eigenvalue weighted by molar-refractivity contribution is 0.233. The summed E-state index contributed by atoms with van der Waals surface area (Å²) >= 11 is 0. The van der Waals surface area contributed by atoms with Gasteiger partial charge in [-0.25, -0.2) is 14.4 Å². The number of halogens is 1. The van der Waals surface area contributed by atoms with E-state index in [-0.39, 0.29) is 23.9 Å². The van der Waals surface area contributed by atoms with Gasteiger partial charge in [0.2, 0.25) is 0 Å². The predicted molar refractivity (Wildman–Crippen MR) is 122 cm³/mol. The monoisotopic (exact) mass is 446 g/mol. The number of aryl methyl sites for hydroxylation is 1. The van der Waals surface area contributed by atoms with E-state index in [1.54, 1.807) is 25.5 Å². The second-order valence-corrected chi connectivity index (χ2v) is 9.27. The molecule has 1 saturated heterocycles. The van der Waals surface area contributed by atoms with E-state index in [1.807, 2.05) is 6.92 Å². The van der Waals surface area contributed by atoms with E-state index in [4.69, 9.17) is 15.5 Å². The van der Waals surface area contributed by atoms with Crippen molar-refractivity contribution in [1.29, 1.82) is 0 Å². The molecular weight excluding hydrogens is 423 g/mol. The van der Waals surface area contributed by atoms with Crippen LogP contribution in [0.3, 0.4) is 0 Å². The molecule has 2 aliphatic heterocycles. The van der Waals surface area contributed by atoms with Crippen LogP contribution in [0.4, 0.5) is 15.9 Å². The van der Waals surface area contributed by atoms with Gasteiger partial charge in [-0.3, -0.25) is 0 Å². The number of H-pyrrole nitrogens is 1. The number of rotatable bonds is 3. The van der Waals surface area contributed by atoms with Gasteiger partial charge < -0.3 is 25.7 Å². The highest BCUT2D eigenvalue weighted by atomic mass is 19.1. The third kappa shape index (κ3) is 2.55. The smallest absolute Gasteiger partial charge is 0.326 e. The van der Waals surface area contributed by atoms with Crippen molar-refractivity contribution >= 4 is 33.4 Å². The molecule has 168 valence electrons. The molecule has 4 atom stereocenters. The molecule has 1 aromatic carbocycles. The average molecular weight is 446 g/mol. The van der Waals surface area contributed by atoms with Crippen LogP contribution in [-0.4, -0.2) is 50.1 Å². The molecule has 1 aliphatic carbocycles. The molecule has 0 spiro atoms. The number of nitrogens with zero attached hydrogens (tertiary/aromatic N) is 5. The molecular formula is C23H23FN8O. The Hall–Kier alpha value is -3.53. The quantitative estimate of drug-likeness (QED) is 0.440. The summed E-state index contributed by atoms with van der Waals surface area (Å²) in [7, 11) is 1.79. The van der Waals surface area contributed by atoms with Gasteiger partial charge in [-0.05, 0) is 32.3 Å². The molecule has 0 amide bonds. The van der Waals surface area contributed by atoms with Crippen LogP contribution in [0.2, 0.25) is 0 Å². The Kier molecular flexibility index (Phi) is 3.74. The van der Waals surface area contributed by atoms with Gasteiger partial charge >= 0.3 is 6.01 Å². The molecule has 0 bridgehead atoms. The zero-order valence-corrected chi connectivity index (χ0v) is 18.3. The van der Waals surface area contributed by atoms with Crippen LogP contribution in [0, 0.1) is 18.7 Å². The highest BCUT2D eigenvalue weighted by Gasteiger charge is 2.55. The lowest BCUT2D eigenvalue weighted by atomic mass is 9.79. The van der Waals surface area contributed by atoms with Gasteiger partial charge in [-0.1, -0.05) is 0 Å². The summed E-state index contributed by atoms with van der Waals surface area (Å²) in [6.45, 7) is 1.81. The van der Waals surface area contributed by atoms with E-state index in [1.165, 1.54) is 0 Å². The highest BCUT2D eigenvalue weighted by molar-refractivity contribution is 6.17. The van der Waals surface area contributed by atoms with Gasteiger partial charge in [0.1, 0.15) is 23.1 Å². The van der Waals surface area contributed by atoms with Crippen LogP contribution in [0.15, 0.2) is 18.5 Å². The SMILES string of the molecule is CNc1cc(F)c2c3c1[nH]c1nc(Oc4cnc(C)nc4)nc(c13)N1[C@@H](C2)[C@@H]2C[C@H](N)C[C@@H]21. The summed E-state index contributed by atoms with van der Waals surface area (Å²) in [4.78, 5) is 23.6. The molecule has 0 unspecified atom stereocenters. The number of anilines is 2. The normalized spacial score (nSPS) is 25.2. The van der Waals surface area contributed by atoms with E-state index in [0.29, 0.717) is 46.9 Å². The minimum absolute atomic E-state index is 0.155. The molecule has 2 fully saturated rings. The maximum atomic E-state index is 15.4. The molecule has 33 heavy (non-hydrogen) atoms. The number of ether oxygens (including phenoxy) is 1. The van der Waals surface area contributed by atoms with E-state index >= 15 is 4.39 Å². The fourth-order valence-corrected chi connectivity index (χ4v) is 6.08. The molecule has 5 heterocycles. The first-order chi connectivity index (χ1) is 16.0. The van der Waals surface area contributed by atoms with Crippen molar-refractivity contribution in [2.75, 3.05) is 17.3 Å². The van der Waals surface area contributed by atoms with Crippen molar-refractivity contribution in [2.45, 2.75) is 44.3 Å². The van der Waals surface area contributed by atoms with Crippen molar-refractivity contribution < 1.29 is 9.13 Å². The van der Waals surface area contributed by atoms with Gasteiger partial charge in [0.15, 0.2) is 5.75 Å². The minimum Gasteiger partial charge on any atom is -0.421 e. The van der Waals surface area contributed by atoms with E-state index in [0.717, 1.165) is 34.9 Å². The van der Waals surface area contributed by atoms with Crippen molar-refractivity contribution in [3.63, 3.8) is 0 Å². The van der Waals surface area contributed by atoms with Crippen LogP contribution in [0.25, 0.3) is 21.9 Å². The standard InChI is InChI=1S/C23H23FN8O/c1-9-27-7-11(8-28-9)33-23-30-21-19-18-12(14(24)6-15(26-2)20(18)29-21)5-17-13-3-10(25)4-16(13)32(17)22(19)31-23/h6-8,10,13,16-17,26H,3-5,25H2,1-2H3,(H,29,30,31)/t10-,13+,16-,17-/m0/s1. The molecule has 9 nitrogen and oxygen atoms in total. The Bertz CT molecular complexity index is 1430.